The quantitative estimate of drug-likeness (QED) is 0.940. The lowest BCUT2D eigenvalue weighted by Gasteiger charge is -2.33. The lowest BCUT2D eigenvalue weighted by molar-refractivity contribution is 0.140. The number of rotatable bonds is 3. The van der Waals surface area contributed by atoms with Crippen LogP contribution < -0.4 is 5.32 Å². The monoisotopic (exact) mass is 302 g/mol. The summed E-state index contributed by atoms with van der Waals surface area (Å²) in [6.45, 7) is 3.98. The molecule has 2 aliphatic rings. The molecule has 0 spiro atoms. The molecular formula is C16H19FN4O. The Labute approximate surface area is 128 Å². The van der Waals surface area contributed by atoms with Crippen LogP contribution in [-0.4, -0.2) is 40.7 Å². The second-order valence-corrected chi connectivity index (χ2v) is 6.15. The summed E-state index contributed by atoms with van der Waals surface area (Å²) in [7, 11) is 0. The van der Waals surface area contributed by atoms with Crippen molar-refractivity contribution in [3.05, 3.63) is 36.0 Å². The first-order chi connectivity index (χ1) is 10.8. The molecule has 3 heterocycles. The summed E-state index contributed by atoms with van der Waals surface area (Å²) in [6, 6.07) is 6.83. The van der Waals surface area contributed by atoms with Crippen molar-refractivity contribution >= 4 is 0 Å². The van der Waals surface area contributed by atoms with Gasteiger partial charge in [0.15, 0.2) is 0 Å². The Morgan fingerprint density at radius 1 is 1.27 bits per heavy atom. The van der Waals surface area contributed by atoms with Crippen molar-refractivity contribution in [3.63, 3.8) is 0 Å². The summed E-state index contributed by atoms with van der Waals surface area (Å²) < 4.78 is 18.3. The van der Waals surface area contributed by atoms with Gasteiger partial charge in [-0.25, -0.2) is 4.39 Å². The molecular weight excluding hydrogens is 283 g/mol. The molecule has 6 heteroatoms. The molecule has 2 aromatic rings. The lowest BCUT2D eigenvalue weighted by Crippen LogP contribution is -2.43. The number of hydrogen-bond acceptors (Lipinski definition) is 5. The van der Waals surface area contributed by atoms with Gasteiger partial charge in [0.1, 0.15) is 5.82 Å². The molecule has 5 nitrogen and oxygen atoms in total. The molecule has 2 unspecified atom stereocenters. The fourth-order valence-corrected chi connectivity index (χ4v) is 3.49. The van der Waals surface area contributed by atoms with E-state index in [9.17, 15) is 4.39 Å². The third kappa shape index (κ3) is 2.76. The summed E-state index contributed by atoms with van der Waals surface area (Å²) in [5.41, 5.74) is 0.773. The van der Waals surface area contributed by atoms with Crippen LogP contribution in [0.2, 0.25) is 0 Å². The zero-order chi connectivity index (χ0) is 14.9. The minimum atomic E-state index is -0.263. The smallest absolute Gasteiger partial charge is 0.241 e. The predicted octanol–water partition coefficient (Wildman–Crippen LogP) is 2.06. The molecule has 0 radical (unpaired) electrons. The van der Waals surface area contributed by atoms with Crippen LogP contribution >= 0.6 is 0 Å². The third-order valence-corrected chi connectivity index (χ3v) is 4.67. The van der Waals surface area contributed by atoms with Gasteiger partial charge in [0.05, 0.1) is 6.54 Å². The van der Waals surface area contributed by atoms with Gasteiger partial charge in [-0.3, -0.25) is 4.90 Å². The highest BCUT2D eigenvalue weighted by molar-refractivity contribution is 5.53. The SMILES string of the molecule is Fc1ccc(-c2noc(CN3CCC4NCCC4C3)n2)cc1. The van der Waals surface area contributed by atoms with E-state index in [1.807, 2.05) is 0 Å². The topological polar surface area (TPSA) is 54.2 Å². The predicted molar refractivity (Wildman–Crippen MR) is 79.5 cm³/mol. The first-order valence-electron chi connectivity index (χ1n) is 7.82. The van der Waals surface area contributed by atoms with Gasteiger partial charge in [0.2, 0.25) is 11.7 Å². The van der Waals surface area contributed by atoms with Crippen LogP contribution in [0.3, 0.4) is 0 Å². The molecule has 2 aliphatic heterocycles. The van der Waals surface area contributed by atoms with Gasteiger partial charge in [-0.15, -0.1) is 0 Å². The fraction of sp³-hybridized carbons (Fsp3) is 0.500. The van der Waals surface area contributed by atoms with Gasteiger partial charge >= 0.3 is 0 Å². The number of nitrogens with zero attached hydrogens (tertiary/aromatic N) is 3. The van der Waals surface area contributed by atoms with Gasteiger partial charge in [-0.05, 0) is 49.6 Å². The standard InChI is InChI=1S/C16H19FN4O/c17-13-3-1-11(2-4-13)16-19-15(22-20-16)10-21-8-6-14-12(9-21)5-7-18-14/h1-4,12,14,18H,5-10H2. The normalized spacial score (nSPS) is 25.3. The number of nitrogens with one attached hydrogen (secondary N) is 1. The number of likely N-dealkylation sites (tertiary alicyclic amines) is 1. The van der Waals surface area contributed by atoms with Gasteiger partial charge in [-0.1, -0.05) is 5.16 Å². The third-order valence-electron chi connectivity index (χ3n) is 4.67. The summed E-state index contributed by atoms with van der Waals surface area (Å²) in [6.07, 6.45) is 2.44. The number of piperidine rings is 1. The second-order valence-electron chi connectivity index (χ2n) is 6.15. The zero-order valence-electron chi connectivity index (χ0n) is 12.3. The summed E-state index contributed by atoms with van der Waals surface area (Å²) in [5.74, 6) is 1.63. The van der Waals surface area contributed by atoms with E-state index in [4.69, 9.17) is 4.52 Å². The van der Waals surface area contributed by atoms with Crippen LogP contribution in [0.15, 0.2) is 28.8 Å². The van der Waals surface area contributed by atoms with E-state index in [-0.39, 0.29) is 5.82 Å². The lowest BCUT2D eigenvalue weighted by atomic mass is 9.93. The Morgan fingerprint density at radius 3 is 3.00 bits per heavy atom. The molecule has 116 valence electrons. The largest absolute Gasteiger partial charge is 0.338 e. The molecule has 2 saturated heterocycles. The molecule has 2 fully saturated rings. The molecule has 0 bridgehead atoms. The summed E-state index contributed by atoms with van der Waals surface area (Å²) in [4.78, 5) is 6.82. The van der Waals surface area contributed by atoms with Crippen molar-refractivity contribution < 1.29 is 8.91 Å². The van der Waals surface area contributed by atoms with Crippen molar-refractivity contribution in [3.8, 4) is 11.4 Å². The molecule has 0 saturated carbocycles. The van der Waals surface area contributed by atoms with E-state index >= 15 is 0 Å². The van der Waals surface area contributed by atoms with Gasteiger partial charge in [-0.2, -0.15) is 4.98 Å². The van der Waals surface area contributed by atoms with Crippen LogP contribution in [0.1, 0.15) is 18.7 Å². The Bertz CT molecular complexity index is 642. The molecule has 4 rings (SSSR count). The van der Waals surface area contributed by atoms with E-state index < -0.39 is 0 Å². The molecule has 0 aliphatic carbocycles. The van der Waals surface area contributed by atoms with Crippen molar-refractivity contribution in [1.82, 2.24) is 20.4 Å². The number of benzene rings is 1. The number of halogens is 1. The highest BCUT2D eigenvalue weighted by Gasteiger charge is 2.32. The first kappa shape index (κ1) is 13.8. The molecule has 22 heavy (non-hydrogen) atoms. The van der Waals surface area contributed by atoms with Crippen LogP contribution in [0.25, 0.3) is 11.4 Å². The maximum atomic E-state index is 12.9. The average Bonchev–Trinajstić information content (AvgIpc) is 3.17. The summed E-state index contributed by atoms with van der Waals surface area (Å²) in [5, 5.41) is 7.56. The number of fused-ring (bicyclic) bond motifs is 1. The Balaban J connectivity index is 1.42. The van der Waals surface area contributed by atoms with Crippen molar-refractivity contribution in [2.24, 2.45) is 5.92 Å². The van der Waals surface area contributed by atoms with Gasteiger partial charge in [0, 0.05) is 24.7 Å². The average molecular weight is 302 g/mol. The van der Waals surface area contributed by atoms with Crippen molar-refractivity contribution in [2.45, 2.75) is 25.4 Å². The van der Waals surface area contributed by atoms with Crippen molar-refractivity contribution in [1.29, 1.82) is 0 Å². The van der Waals surface area contributed by atoms with Crippen molar-refractivity contribution in [2.75, 3.05) is 19.6 Å². The van der Waals surface area contributed by atoms with E-state index in [0.29, 0.717) is 24.3 Å². The van der Waals surface area contributed by atoms with E-state index in [2.05, 4.69) is 20.4 Å². The van der Waals surface area contributed by atoms with E-state index in [0.717, 1.165) is 31.1 Å². The molecule has 0 amide bonds. The Hall–Kier alpha value is -1.79. The maximum Gasteiger partial charge on any atom is 0.241 e. The Morgan fingerprint density at radius 2 is 2.14 bits per heavy atom. The van der Waals surface area contributed by atoms with Crippen LogP contribution in [0, 0.1) is 11.7 Å². The van der Waals surface area contributed by atoms with Crippen LogP contribution in [0.5, 0.6) is 0 Å². The molecule has 1 aromatic heterocycles. The highest BCUT2D eigenvalue weighted by Crippen LogP contribution is 2.25. The van der Waals surface area contributed by atoms with Crippen LogP contribution in [0.4, 0.5) is 4.39 Å². The van der Waals surface area contributed by atoms with Crippen LogP contribution in [-0.2, 0) is 6.54 Å². The van der Waals surface area contributed by atoms with Gasteiger partial charge < -0.3 is 9.84 Å². The Kier molecular flexibility index (Phi) is 3.63. The highest BCUT2D eigenvalue weighted by atomic mass is 19.1. The molecule has 2 atom stereocenters. The second kappa shape index (κ2) is 5.78. The zero-order valence-corrected chi connectivity index (χ0v) is 12.3. The van der Waals surface area contributed by atoms with Gasteiger partial charge in [0.25, 0.3) is 0 Å². The summed E-state index contributed by atoms with van der Waals surface area (Å²) >= 11 is 0. The first-order valence-corrected chi connectivity index (χ1v) is 7.82. The minimum absolute atomic E-state index is 0.263. The maximum absolute atomic E-state index is 12.9. The number of hydrogen-bond donors (Lipinski definition) is 1. The van der Waals surface area contributed by atoms with E-state index in [1.165, 1.54) is 25.0 Å². The van der Waals surface area contributed by atoms with E-state index in [1.54, 1.807) is 12.1 Å². The molecule has 1 aromatic carbocycles. The molecule has 1 N–H and O–H groups in total. The number of aromatic nitrogens is 2. The minimum Gasteiger partial charge on any atom is -0.338 e. The fourth-order valence-electron chi connectivity index (χ4n) is 3.49.